The fourth-order valence-corrected chi connectivity index (χ4v) is 2.62. The van der Waals surface area contributed by atoms with Gasteiger partial charge >= 0.3 is 0 Å². The lowest BCUT2D eigenvalue weighted by Gasteiger charge is -2.16. The minimum absolute atomic E-state index is 0.129. The number of nitrogens with zero attached hydrogens (tertiary/aromatic N) is 1. The Balaban J connectivity index is 1.83. The van der Waals surface area contributed by atoms with Crippen LogP contribution >= 0.6 is 0 Å². The summed E-state index contributed by atoms with van der Waals surface area (Å²) in [7, 11) is 0. The fourth-order valence-electron chi connectivity index (χ4n) is 2.62. The third-order valence-electron chi connectivity index (χ3n) is 3.88. The number of nitrogens with one attached hydrogen (secondary N) is 3. The zero-order chi connectivity index (χ0) is 18.5. The molecule has 3 aromatic heterocycles. The van der Waals surface area contributed by atoms with Crippen molar-refractivity contribution in [3.63, 3.8) is 0 Å². The molecule has 0 aliphatic carbocycles. The first-order valence-corrected chi connectivity index (χ1v) is 7.91. The molecule has 8 nitrogen and oxygen atoms in total. The van der Waals surface area contributed by atoms with E-state index in [1.54, 1.807) is 42.9 Å². The van der Waals surface area contributed by atoms with Crippen LogP contribution in [0.4, 0.5) is 0 Å². The number of amides is 2. The fraction of sp³-hybridized carbons (Fsp3) is 0.111. The van der Waals surface area contributed by atoms with Crippen molar-refractivity contribution in [3.8, 4) is 11.3 Å². The minimum atomic E-state index is -1.10. The van der Waals surface area contributed by atoms with Crippen LogP contribution < -0.4 is 11.1 Å². The highest BCUT2D eigenvalue weighted by molar-refractivity contribution is 6.38. The van der Waals surface area contributed by atoms with Crippen molar-refractivity contribution in [2.45, 2.75) is 12.5 Å². The van der Waals surface area contributed by atoms with Crippen molar-refractivity contribution in [1.29, 1.82) is 0 Å². The molecule has 0 fully saturated rings. The largest absolute Gasteiger partial charge is 0.366 e. The Morgan fingerprint density at radius 2 is 2.00 bits per heavy atom. The van der Waals surface area contributed by atoms with Crippen molar-refractivity contribution < 1.29 is 14.4 Å². The second-order valence-corrected chi connectivity index (χ2v) is 5.65. The number of pyridine rings is 1. The van der Waals surface area contributed by atoms with Gasteiger partial charge in [0.2, 0.25) is 5.78 Å². The first-order chi connectivity index (χ1) is 12.6. The van der Waals surface area contributed by atoms with Crippen molar-refractivity contribution >= 4 is 17.6 Å². The van der Waals surface area contributed by atoms with Crippen LogP contribution in [0.15, 0.2) is 55.1 Å². The zero-order valence-electron chi connectivity index (χ0n) is 13.7. The highest BCUT2D eigenvalue weighted by atomic mass is 16.2. The monoisotopic (exact) mass is 351 g/mol. The number of primary amides is 1. The number of hydrogen-bond donors (Lipinski definition) is 4. The highest BCUT2D eigenvalue weighted by Crippen LogP contribution is 2.21. The van der Waals surface area contributed by atoms with E-state index < -0.39 is 23.6 Å². The van der Waals surface area contributed by atoms with E-state index >= 15 is 0 Å². The predicted molar refractivity (Wildman–Crippen MR) is 94.0 cm³/mol. The zero-order valence-corrected chi connectivity index (χ0v) is 13.7. The van der Waals surface area contributed by atoms with Crippen LogP contribution in [0.25, 0.3) is 11.3 Å². The summed E-state index contributed by atoms with van der Waals surface area (Å²) in [4.78, 5) is 46.1. The Labute approximate surface area is 148 Å². The number of ketones is 1. The molecule has 3 rings (SSSR count). The van der Waals surface area contributed by atoms with E-state index in [1.165, 1.54) is 6.20 Å². The standard InChI is InChI=1S/C18H17N5O3/c19-17(25)16(24)15(8-11-4-3-7-21-11)23-18(26)13-10-20-9-12(13)14-5-1-2-6-22-14/h1-7,9-10,15,20-21H,8H2,(H2,19,25)(H,23,26). The molecule has 26 heavy (non-hydrogen) atoms. The SMILES string of the molecule is NC(=O)C(=O)C(Cc1ccc[nH]1)NC(=O)c1c[nH]cc1-c1ccccn1. The van der Waals surface area contributed by atoms with E-state index in [2.05, 4.69) is 20.3 Å². The number of carbonyl (C=O) groups excluding carboxylic acids is 3. The summed E-state index contributed by atoms with van der Waals surface area (Å²) in [5.41, 5.74) is 7.33. The van der Waals surface area contributed by atoms with Crippen molar-refractivity contribution in [1.82, 2.24) is 20.3 Å². The molecule has 0 saturated carbocycles. The van der Waals surface area contributed by atoms with Crippen molar-refractivity contribution in [2.24, 2.45) is 5.73 Å². The van der Waals surface area contributed by atoms with Crippen LogP contribution in [-0.4, -0.2) is 38.6 Å². The summed E-state index contributed by atoms with van der Waals surface area (Å²) in [6.45, 7) is 0. The summed E-state index contributed by atoms with van der Waals surface area (Å²) >= 11 is 0. The molecule has 0 spiro atoms. The second kappa shape index (κ2) is 7.47. The summed E-state index contributed by atoms with van der Waals surface area (Å²) in [6.07, 6.45) is 6.60. The number of carbonyl (C=O) groups is 3. The molecule has 2 amide bonds. The summed E-state index contributed by atoms with van der Waals surface area (Å²) < 4.78 is 0. The first-order valence-electron chi connectivity index (χ1n) is 7.91. The molecule has 0 radical (unpaired) electrons. The second-order valence-electron chi connectivity index (χ2n) is 5.65. The Morgan fingerprint density at radius 1 is 1.15 bits per heavy atom. The van der Waals surface area contributed by atoms with Crippen molar-refractivity contribution in [2.75, 3.05) is 0 Å². The van der Waals surface area contributed by atoms with E-state index in [0.717, 1.165) is 0 Å². The molecule has 8 heteroatoms. The number of aromatic nitrogens is 3. The average Bonchev–Trinajstić information content (AvgIpc) is 3.32. The Kier molecular flexibility index (Phi) is 4.93. The number of H-pyrrole nitrogens is 2. The predicted octanol–water partition coefficient (Wildman–Crippen LogP) is 0.800. The highest BCUT2D eigenvalue weighted by Gasteiger charge is 2.27. The Hall–Kier alpha value is -3.68. The lowest BCUT2D eigenvalue weighted by atomic mass is 10.0. The van der Waals surface area contributed by atoms with E-state index in [4.69, 9.17) is 5.73 Å². The van der Waals surface area contributed by atoms with Gasteiger partial charge in [0, 0.05) is 42.5 Å². The van der Waals surface area contributed by atoms with Crippen LogP contribution in [0.5, 0.6) is 0 Å². The summed E-state index contributed by atoms with van der Waals surface area (Å²) in [6, 6.07) is 7.79. The lowest BCUT2D eigenvalue weighted by molar-refractivity contribution is -0.137. The molecule has 1 atom stereocenters. The van der Waals surface area contributed by atoms with Gasteiger partial charge in [-0.05, 0) is 24.3 Å². The molecule has 1 unspecified atom stereocenters. The molecule has 0 aromatic carbocycles. The van der Waals surface area contributed by atoms with Crippen LogP contribution in [0.3, 0.4) is 0 Å². The molecule has 3 aromatic rings. The molecular formula is C18H17N5O3. The Morgan fingerprint density at radius 3 is 2.65 bits per heavy atom. The third kappa shape index (κ3) is 3.69. The maximum atomic E-state index is 12.7. The smallest absolute Gasteiger partial charge is 0.287 e. The van der Waals surface area contributed by atoms with Crippen LogP contribution in [0.2, 0.25) is 0 Å². The molecule has 0 aliphatic heterocycles. The summed E-state index contributed by atoms with van der Waals surface area (Å²) in [5, 5.41) is 2.59. The van der Waals surface area contributed by atoms with Gasteiger partial charge < -0.3 is 21.0 Å². The quantitative estimate of drug-likeness (QED) is 0.468. The minimum Gasteiger partial charge on any atom is -0.366 e. The van der Waals surface area contributed by atoms with Gasteiger partial charge in [-0.1, -0.05) is 6.07 Å². The number of aromatic amines is 2. The van der Waals surface area contributed by atoms with Gasteiger partial charge in [-0.25, -0.2) is 0 Å². The number of Topliss-reactive ketones (excluding diaryl/α,β-unsaturated/α-hetero) is 1. The van der Waals surface area contributed by atoms with Gasteiger partial charge in [-0.3, -0.25) is 19.4 Å². The van der Waals surface area contributed by atoms with Gasteiger partial charge in [0.25, 0.3) is 11.8 Å². The van der Waals surface area contributed by atoms with Crippen LogP contribution in [-0.2, 0) is 16.0 Å². The lowest BCUT2D eigenvalue weighted by Crippen LogP contribution is -2.47. The maximum Gasteiger partial charge on any atom is 0.287 e. The topological polar surface area (TPSA) is 134 Å². The normalized spacial score (nSPS) is 11.7. The first kappa shape index (κ1) is 17.2. The van der Waals surface area contributed by atoms with Gasteiger partial charge in [0.1, 0.15) is 6.04 Å². The molecule has 0 bridgehead atoms. The van der Waals surface area contributed by atoms with Gasteiger partial charge in [-0.15, -0.1) is 0 Å². The van der Waals surface area contributed by atoms with E-state index in [9.17, 15) is 14.4 Å². The van der Waals surface area contributed by atoms with Gasteiger partial charge in [0.05, 0.1) is 11.3 Å². The maximum absolute atomic E-state index is 12.7. The average molecular weight is 351 g/mol. The molecule has 3 heterocycles. The van der Waals surface area contributed by atoms with E-state index in [-0.39, 0.29) is 6.42 Å². The molecule has 5 N–H and O–H groups in total. The Bertz CT molecular complexity index is 915. The molecule has 0 saturated heterocycles. The molecule has 0 aliphatic rings. The van der Waals surface area contributed by atoms with Gasteiger partial charge in [-0.2, -0.15) is 0 Å². The number of rotatable bonds is 7. The number of nitrogens with two attached hydrogens (primary N) is 1. The van der Waals surface area contributed by atoms with E-state index in [0.29, 0.717) is 22.5 Å². The molecular weight excluding hydrogens is 334 g/mol. The summed E-state index contributed by atoms with van der Waals surface area (Å²) in [5.74, 6) is -2.46. The van der Waals surface area contributed by atoms with Crippen LogP contribution in [0, 0.1) is 0 Å². The molecule has 132 valence electrons. The van der Waals surface area contributed by atoms with Crippen molar-refractivity contribution in [3.05, 3.63) is 66.4 Å². The van der Waals surface area contributed by atoms with Crippen LogP contribution in [0.1, 0.15) is 16.1 Å². The van der Waals surface area contributed by atoms with Gasteiger partial charge in [0.15, 0.2) is 0 Å². The van der Waals surface area contributed by atoms with E-state index in [1.807, 2.05) is 6.07 Å². The number of hydrogen-bond acceptors (Lipinski definition) is 4. The third-order valence-corrected chi connectivity index (χ3v) is 3.88.